The standard InChI is InChI=1S/C21H18N2O3/c1-23(16-12-13-19(26-2)22-14-16)21(25)18-11-7-6-10-17(18)20(24)15-8-4-3-5-9-15/h3-14H,1-2H3. The summed E-state index contributed by atoms with van der Waals surface area (Å²) < 4.78 is 5.03. The summed E-state index contributed by atoms with van der Waals surface area (Å²) in [6.07, 6.45) is 1.55. The summed E-state index contributed by atoms with van der Waals surface area (Å²) in [5.41, 5.74) is 1.87. The van der Waals surface area contributed by atoms with E-state index in [-0.39, 0.29) is 11.7 Å². The Labute approximate surface area is 151 Å². The first-order valence-corrected chi connectivity index (χ1v) is 8.08. The zero-order chi connectivity index (χ0) is 18.5. The lowest BCUT2D eigenvalue weighted by atomic mass is 9.97. The molecular formula is C21H18N2O3. The van der Waals surface area contributed by atoms with Gasteiger partial charge in [0.15, 0.2) is 5.78 Å². The maximum atomic E-state index is 13.0. The summed E-state index contributed by atoms with van der Waals surface area (Å²) in [6, 6.07) is 19.2. The third kappa shape index (κ3) is 3.47. The molecule has 2 aromatic carbocycles. The number of aromatic nitrogens is 1. The summed E-state index contributed by atoms with van der Waals surface area (Å²) in [5, 5.41) is 0. The van der Waals surface area contributed by atoms with Crippen LogP contribution < -0.4 is 9.64 Å². The number of carbonyl (C=O) groups excluding carboxylic acids is 2. The lowest BCUT2D eigenvalue weighted by Gasteiger charge is -2.19. The third-order valence-electron chi connectivity index (χ3n) is 4.06. The Balaban J connectivity index is 1.93. The predicted molar refractivity (Wildman–Crippen MR) is 99.8 cm³/mol. The Morgan fingerprint density at radius 1 is 0.885 bits per heavy atom. The van der Waals surface area contributed by atoms with Crippen LogP contribution in [0.25, 0.3) is 0 Å². The molecular weight excluding hydrogens is 328 g/mol. The molecule has 0 unspecified atom stereocenters. The van der Waals surface area contributed by atoms with Gasteiger partial charge in [-0.05, 0) is 12.1 Å². The molecule has 1 heterocycles. The van der Waals surface area contributed by atoms with Gasteiger partial charge in [-0.3, -0.25) is 9.59 Å². The predicted octanol–water partition coefficient (Wildman–Crippen LogP) is 3.60. The molecule has 0 bridgehead atoms. The second-order valence-electron chi connectivity index (χ2n) is 5.66. The second-order valence-corrected chi connectivity index (χ2v) is 5.66. The molecule has 130 valence electrons. The largest absolute Gasteiger partial charge is 0.481 e. The van der Waals surface area contributed by atoms with E-state index in [1.165, 1.54) is 12.0 Å². The van der Waals surface area contributed by atoms with Crippen LogP contribution in [0.3, 0.4) is 0 Å². The van der Waals surface area contributed by atoms with E-state index in [4.69, 9.17) is 4.74 Å². The van der Waals surface area contributed by atoms with Gasteiger partial charge < -0.3 is 9.64 Å². The molecule has 0 saturated heterocycles. The molecule has 0 radical (unpaired) electrons. The van der Waals surface area contributed by atoms with Gasteiger partial charge in [0.1, 0.15) is 0 Å². The van der Waals surface area contributed by atoms with Crippen molar-refractivity contribution < 1.29 is 14.3 Å². The Kier molecular flexibility index (Phi) is 5.08. The minimum Gasteiger partial charge on any atom is -0.481 e. The highest BCUT2D eigenvalue weighted by atomic mass is 16.5. The van der Waals surface area contributed by atoms with Gasteiger partial charge in [-0.2, -0.15) is 0 Å². The van der Waals surface area contributed by atoms with Crippen LogP contribution in [0.15, 0.2) is 72.9 Å². The Bertz CT molecular complexity index is 922. The van der Waals surface area contributed by atoms with E-state index < -0.39 is 0 Å². The van der Waals surface area contributed by atoms with Gasteiger partial charge in [-0.1, -0.05) is 48.5 Å². The summed E-state index contributed by atoms with van der Waals surface area (Å²) in [7, 11) is 3.18. The minimum atomic E-state index is -0.281. The summed E-state index contributed by atoms with van der Waals surface area (Å²) >= 11 is 0. The van der Waals surface area contributed by atoms with Crippen LogP contribution in [0, 0.1) is 0 Å². The fraction of sp³-hybridized carbons (Fsp3) is 0.0952. The lowest BCUT2D eigenvalue weighted by Crippen LogP contribution is -2.28. The number of methoxy groups -OCH3 is 1. The number of amides is 1. The number of carbonyl (C=O) groups is 2. The van der Waals surface area contributed by atoms with Crippen LogP contribution in [0.1, 0.15) is 26.3 Å². The topological polar surface area (TPSA) is 59.5 Å². The van der Waals surface area contributed by atoms with Gasteiger partial charge in [0.25, 0.3) is 5.91 Å². The van der Waals surface area contributed by atoms with E-state index in [2.05, 4.69) is 4.98 Å². The number of anilines is 1. The molecule has 0 spiro atoms. The molecule has 1 aromatic heterocycles. The van der Waals surface area contributed by atoms with Crippen molar-refractivity contribution in [3.8, 4) is 5.88 Å². The number of hydrogen-bond acceptors (Lipinski definition) is 4. The van der Waals surface area contributed by atoms with Crippen LogP contribution in [0.2, 0.25) is 0 Å². The Morgan fingerprint density at radius 3 is 2.15 bits per heavy atom. The summed E-state index contributed by atoms with van der Waals surface area (Å²) in [5.74, 6) is 0.00177. The highest BCUT2D eigenvalue weighted by molar-refractivity contribution is 6.18. The van der Waals surface area contributed by atoms with Crippen molar-refractivity contribution in [1.82, 2.24) is 4.98 Å². The van der Waals surface area contributed by atoms with Crippen LogP contribution in [-0.2, 0) is 0 Å². The zero-order valence-electron chi connectivity index (χ0n) is 14.5. The molecule has 5 heteroatoms. The van der Waals surface area contributed by atoms with Gasteiger partial charge in [-0.25, -0.2) is 4.98 Å². The SMILES string of the molecule is COc1ccc(N(C)C(=O)c2ccccc2C(=O)c2ccccc2)cn1. The van der Waals surface area contributed by atoms with E-state index in [9.17, 15) is 9.59 Å². The third-order valence-corrected chi connectivity index (χ3v) is 4.06. The quantitative estimate of drug-likeness (QED) is 0.662. The first-order chi connectivity index (χ1) is 12.6. The fourth-order valence-electron chi connectivity index (χ4n) is 2.60. The molecule has 0 fully saturated rings. The van der Waals surface area contributed by atoms with Gasteiger partial charge >= 0.3 is 0 Å². The molecule has 0 N–H and O–H groups in total. The number of benzene rings is 2. The molecule has 0 aliphatic rings. The smallest absolute Gasteiger partial charge is 0.258 e. The zero-order valence-corrected chi connectivity index (χ0v) is 14.5. The molecule has 0 saturated carbocycles. The summed E-state index contributed by atoms with van der Waals surface area (Å²) in [4.78, 5) is 31.4. The first kappa shape index (κ1) is 17.4. The van der Waals surface area contributed by atoms with Crippen molar-refractivity contribution >= 4 is 17.4 Å². The number of hydrogen-bond donors (Lipinski definition) is 0. The van der Waals surface area contributed by atoms with Crippen LogP contribution in [0.5, 0.6) is 5.88 Å². The van der Waals surface area contributed by atoms with Crippen molar-refractivity contribution in [2.24, 2.45) is 0 Å². The second kappa shape index (κ2) is 7.61. The fourth-order valence-corrected chi connectivity index (χ4v) is 2.60. The molecule has 3 rings (SSSR count). The van der Waals surface area contributed by atoms with Crippen LogP contribution in [0.4, 0.5) is 5.69 Å². The van der Waals surface area contributed by atoms with Crippen molar-refractivity contribution in [3.05, 3.63) is 89.6 Å². The lowest BCUT2D eigenvalue weighted by molar-refractivity contribution is 0.0975. The molecule has 0 atom stereocenters. The Hall–Kier alpha value is -3.47. The number of ether oxygens (including phenoxy) is 1. The highest BCUT2D eigenvalue weighted by Gasteiger charge is 2.21. The molecule has 0 aliphatic heterocycles. The maximum absolute atomic E-state index is 13.0. The monoisotopic (exact) mass is 346 g/mol. The van der Waals surface area contributed by atoms with Gasteiger partial charge in [-0.15, -0.1) is 0 Å². The molecule has 1 amide bonds. The van der Waals surface area contributed by atoms with Crippen LogP contribution in [-0.4, -0.2) is 30.8 Å². The van der Waals surface area contributed by atoms with E-state index in [1.54, 1.807) is 73.9 Å². The van der Waals surface area contributed by atoms with Gasteiger partial charge in [0, 0.05) is 24.2 Å². The average Bonchev–Trinajstić information content (AvgIpc) is 2.73. The molecule has 0 aliphatic carbocycles. The molecule has 3 aromatic rings. The van der Waals surface area contributed by atoms with E-state index in [1.807, 2.05) is 6.07 Å². The average molecular weight is 346 g/mol. The molecule has 5 nitrogen and oxygen atoms in total. The molecule has 26 heavy (non-hydrogen) atoms. The maximum Gasteiger partial charge on any atom is 0.258 e. The summed E-state index contributed by atoms with van der Waals surface area (Å²) in [6.45, 7) is 0. The number of ketones is 1. The van der Waals surface area contributed by atoms with Gasteiger partial charge in [0.2, 0.25) is 5.88 Å². The Morgan fingerprint density at radius 2 is 1.54 bits per heavy atom. The number of nitrogens with zero attached hydrogens (tertiary/aromatic N) is 2. The van der Waals surface area contributed by atoms with Crippen molar-refractivity contribution in [3.63, 3.8) is 0 Å². The van der Waals surface area contributed by atoms with Crippen LogP contribution >= 0.6 is 0 Å². The van der Waals surface area contributed by atoms with E-state index in [0.717, 1.165) is 0 Å². The number of rotatable bonds is 5. The first-order valence-electron chi connectivity index (χ1n) is 8.08. The number of pyridine rings is 1. The van der Waals surface area contributed by atoms with Crippen molar-refractivity contribution in [2.45, 2.75) is 0 Å². The van der Waals surface area contributed by atoms with Crippen molar-refractivity contribution in [1.29, 1.82) is 0 Å². The highest BCUT2D eigenvalue weighted by Crippen LogP contribution is 2.20. The minimum absolute atomic E-state index is 0.184. The van der Waals surface area contributed by atoms with E-state index in [0.29, 0.717) is 28.3 Å². The van der Waals surface area contributed by atoms with Gasteiger partial charge in [0.05, 0.1) is 24.6 Å². The van der Waals surface area contributed by atoms with Crippen molar-refractivity contribution in [2.75, 3.05) is 19.1 Å². The normalized spacial score (nSPS) is 10.2. The van der Waals surface area contributed by atoms with E-state index >= 15 is 0 Å².